The van der Waals surface area contributed by atoms with Crippen LogP contribution < -0.4 is 5.32 Å². The zero-order valence-corrected chi connectivity index (χ0v) is 17.7. The van der Waals surface area contributed by atoms with Crippen molar-refractivity contribution in [3.05, 3.63) is 59.7 Å². The number of alkyl carbamates (subject to hydrolysis) is 1. The molecule has 0 radical (unpaired) electrons. The van der Waals surface area contributed by atoms with Crippen molar-refractivity contribution >= 4 is 18.0 Å². The number of ether oxygens (including phenoxy) is 2. The fourth-order valence-electron chi connectivity index (χ4n) is 3.90. The molecule has 1 atom stereocenters. The molecule has 9 heteroatoms. The number of nitrogens with one attached hydrogen (secondary N) is 1. The number of carboxylic acid groups (broad SMARTS) is 1. The van der Waals surface area contributed by atoms with Gasteiger partial charge in [0, 0.05) is 19.6 Å². The Morgan fingerprint density at radius 3 is 2.19 bits per heavy atom. The summed E-state index contributed by atoms with van der Waals surface area (Å²) in [5, 5.41) is 20.6. The third-order valence-corrected chi connectivity index (χ3v) is 5.27. The van der Waals surface area contributed by atoms with Crippen molar-refractivity contribution < 1.29 is 34.1 Å². The van der Waals surface area contributed by atoms with Crippen LogP contribution in [0.4, 0.5) is 4.79 Å². The number of hydrogen-bond donors (Lipinski definition) is 3. The van der Waals surface area contributed by atoms with Gasteiger partial charge in [0.15, 0.2) is 0 Å². The van der Waals surface area contributed by atoms with Crippen LogP contribution >= 0.6 is 0 Å². The van der Waals surface area contributed by atoms with Crippen molar-refractivity contribution in [2.45, 2.75) is 12.0 Å². The van der Waals surface area contributed by atoms with E-state index in [9.17, 15) is 14.4 Å². The fourth-order valence-corrected chi connectivity index (χ4v) is 3.90. The van der Waals surface area contributed by atoms with E-state index >= 15 is 0 Å². The Labute approximate surface area is 185 Å². The molecule has 2 aromatic rings. The minimum atomic E-state index is -1.23. The second-order valence-corrected chi connectivity index (χ2v) is 7.35. The van der Waals surface area contributed by atoms with Gasteiger partial charge in [-0.15, -0.1) is 0 Å². The van der Waals surface area contributed by atoms with Gasteiger partial charge in [0.25, 0.3) is 0 Å². The van der Waals surface area contributed by atoms with Crippen LogP contribution in [0.15, 0.2) is 48.5 Å². The summed E-state index contributed by atoms with van der Waals surface area (Å²) < 4.78 is 10.4. The second-order valence-electron chi connectivity index (χ2n) is 7.35. The van der Waals surface area contributed by atoms with Crippen LogP contribution in [0.3, 0.4) is 0 Å². The van der Waals surface area contributed by atoms with Crippen molar-refractivity contribution in [3.8, 4) is 11.1 Å². The van der Waals surface area contributed by atoms with E-state index in [1.807, 2.05) is 48.5 Å². The van der Waals surface area contributed by atoms with E-state index in [1.54, 1.807) is 0 Å². The Hall–Kier alpha value is -3.43. The van der Waals surface area contributed by atoms with E-state index in [0.717, 1.165) is 27.2 Å². The fraction of sp³-hybridized carbons (Fsp3) is 0.348. The molecule has 1 unspecified atom stereocenters. The van der Waals surface area contributed by atoms with Gasteiger partial charge in [-0.05, 0) is 22.3 Å². The highest BCUT2D eigenvalue weighted by atomic mass is 16.5. The van der Waals surface area contributed by atoms with Gasteiger partial charge in [-0.25, -0.2) is 4.79 Å². The third-order valence-electron chi connectivity index (χ3n) is 5.27. The quantitative estimate of drug-likeness (QED) is 0.508. The average Bonchev–Trinajstić information content (AvgIpc) is 3.10. The lowest BCUT2D eigenvalue weighted by Gasteiger charge is -2.25. The van der Waals surface area contributed by atoms with Gasteiger partial charge in [-0.3, -0.25) is 9.59 Å². The maximum absolute atomic E-state index is 12.7. The predicted octanol–water partition coefficient (Wildman–Crippen LogP) is 1.45. The van der Waals surface area contributed by atoms with E-state index in [4.69, 9.17) is 19.7 Å². The summed E-state index contributed by atoms with van der Waals surface area (Å²) in [6.07, 6.45) is -0.818. The Balaban J connectivity index is 1.67. The van der Waals surface area contributed by atoms with Crippen molar-refractivity contribution in [2.75, 3.05) is 40.0 Å². The maximum Gasteiger partial charge on any atom is 0.407 e. The first-order chi connectivity index (χ1) is 15.5. The summed E-state index contributed by atoms with van der Waals surface area (Å²) in [6, 6.07) is 14.7. The van der Waals surface area contributed by atoms with Crippen LogP contribution in [-0.2, 0) is 19.1 Å². The number of hydrogen-bond acceptors (Lipinski definition) is 6. The van der Waals surface area contributed by atoms with Crippen molar-refractivity contribution in [2.24, 2.45) is 0 Å². The molecule has 1 aliphatic carbocycles. The third kappa shape index (κ3) is 5.24. The molecule has 2 amide bonds. The van der Waals surface area contributed by atoms with Crippen LogP contribution in [0.25, 0.3) is 11.1 Å². The molecule has 1 aliphatic rings. The predicted molar refractivity (Wildman–Crippen MR) is 115 cm³/mol. The zero-order valence-electron chi connectivity index (χ0n) is 17.7. The largest absolute Gasteiger partial charge is 0.480 e. The summed E-state index contributed by atoms with van der Waals surface area (Å²) in [7, 11) is 1.35. The van der Waals surface area contributed by atoms with Crippen molar-refractivity contribution in [1.82, 2.24) is 10.2 Å². The number of aliphatic carboxylic acids is 1. The number of benzene rings is 2. The molecule has 170 valence electrons. The number of aliphatic hydroxyl groups is 1. The molecule has 32 heavy (non-hydrogen) atoms. The van der Waals surface area contributed by atoms with Gasteiger partial charge in [0.05, 0.1) is 13.2 Å². The molecule has 3 rings (SSSR count). The topological polar surface area (TPSA) is 125 Å². The van der Waals surface area contributed by atoms with E-state index in [-0.39, 0.29) is 25.7 Å². The zero-order chi connectivity index (χ0) is 23.1. The van der Waals surface area contributed by atoms with Gasteiger partial charge in [-0.2, -0.15) is 0 Å². The molecule has 0 heterocycles. The first kappa shape index (κ1) is 23.2. The van der Waals surface area contributed by atoms with Gasteiger partial charge in [0.2, 0.25) is 5.91 Å². The van der Waals surface area contributed by atoms with Crippen LogP contribution in [0.5, 0.6) is 0 Å². The molecule has 0 spiro atoms. The molecule has 2 aromatic carbocycles. The highest BCUT2D eigenvalue weighted by Crippen LogP contribution is 2.44. The Morgan fingerprint density at radius 1 is 1.06 bits per heavy atom. The molecule has 0 fully saturated rings. The number of fused-ring (bicyclic) bond motifs is 3. The lowest BCUT2D eigenvalue weighted by molar-refractivity contribution is -0.146. The first-order valence-electron chi connectivity index (χ1n) is 10.2. The lowest BCUT2D eigenvalue weighted by atomic mass is 9.98. The second kappa shape index (κ2) is 10.7. The number of carbonyl (C=O) groups excluding carboxylic acids is 2. The number of nitrogens with zero attached hydrogens (tertiary/aromatic N) is 1. The molecular formula is C23H26N2O7. The van der Waals surface area contributed by atoms with Crippen LogP contribution in [-0.4, -0.2) is 79.1 Å². The summed E-state index contributed by atoms with van der Waals surface area (Å²) in [5.74, 6) is -2.05. The first-order valence-corrected chi connectivity index (χ1v) is 10.2. The molecule has 3 N–H and O–H groups in total. The minimum Gasteiger partial charge on any atom is -0.480 e. The van der Waals surface area contributed by atoms with Crippen molar-refractivity contribution in [1.29, 1.82) is 0 Å². The van der Waals surface area contributed by atoms with Gasteiger partial charge in [0.1, 0.15) is 19.2 Å². The summed E-state index contributed by atoms with van der Waals surface area (Å²) in [6.45, 7) is -1.30. The SMILES string of the molecule is COCC(NC(=O)OCC1c2ccccc2-c2ccccc21)C(=O)N(CCO)CC(=O)O. The summed E-state index contributed by atoms with van der Waals surface area (Å²) in [4.78, 5) is 37.1. The Bertz CT molecular complexity index is 933. The average molecular weight is 442 g/mol. The van der Waals surface area contributed by atoms with Crippen LogP contribution in [0.1, 0.15) is 17.0 Å². The van der Waals surface area contributed by atoms with E-state index < -0.39 is 37.2 Å². The number of methoxy groups -OCH3 is 1. The normalized spacial score (nSPS) is 13.1. The smallest absolute Gasteiger partial charge is 0.407 e. The Morgan fingerprint density at radius 2 is 1.66 bits per heavy atom. The maximum atomic E-state index is 12.7. The number of carbonyl (C=O) groups is 3. The van der Waals surface area contributed by atoms with Crippen LogP contribution in [0, 0.1) is 0 Å². The van der Waals surface area contributed by atoms with Crippen molar-refractivity contribution in [3.63, 3.8) is 0 Å². The number of carboxylic acids is 1. The summed E-state index contributed by atoms with van der Waals surface area (Å²) in [5.41, 5.74) is 4.30. The monoisotopic (exact) mass is 442 g/mol. The Kier molecular flexibility index (Phi) is 7.80. The molecule has 0 saturated heterocycles. The van der Waals surface area contributed by atoms with Gasteiger partial charge < -0.3 is 29.9 Å². The molecule has 0 aliphatic heterocycles. The highest BCUT2D eigenvalue weighted by Gasteiger charge is 2.31. The van der Waals surface area contributed by atoms with Gasteiger partial charge >= 0.3 is 12.1 Å². The number of aliphatic hydroxyl groups excluding tert-OH is 1. The van der Waals surface area contributed by atoms with E-state index in [0.29, 0.717) is 0 Å². The standard InChI is InChI=1S/C23H26N2O7/c1-31-14-20(22(29)25(10-11-26)12-21(27)28)24-23(30)32-13-19-17-8-4-2-6-15(17)16-7-3-5-9-18(16)19/h2-9,19-20,26H,10-14H2,1H3,(H,24,30)(H,27,28). The molecule has 0 bridgehead atoms. The molecule has 0 saturated carbocycles. The summed E-state index contributed by atoms with van der Waals surface area (Å²) >= 11 is 0. The minimum absolute atomic E-state index is 0.0727. The number of rotatable bonds is 10. The molecule has 0 aromatic heterocycles. The molecule has 9 nitrogen and oxygen atoms in total. The number of amides is 2. The van der Waals surface area contributed by atoms with Crippen LogP contribution in [0.2, 0.25) is 0 Å². The lowest BCUT2D eigenvalue weighted by Crippen LogP contribution is -2.52. The van der Waals surface area contributed by atoms with Gasteiger partial charge in [-0.1, -0.05) is 48.5 Å². The van der Waals surface area contributed by atoms with E-state index in [1.165, 1.54) is 7.11 Å². The molecular weight excluding hydrogens is 416 g/mol. The van der Waals surface area contributed by atoms with E-state index in [2.05, 4.69) is 5.32 Å². The highest BCUT2D eigenvalue weighted by molar-refractivity contribution is 5.88.